The molecule has 7 nitrogen and oxygen atoms in total. The van der Waals surface area contributed by atoms with Gasteiger partial charge < -0.3 is 15.4 Å². The quantitative estimate of drug-likeness (QED) is 0.206. The number of hydrogen-bond donors (Lipinski definition) is 3. The van der Waals surface area contributed by atoms with Gasteiger partial charge in [-0.2, -0.15) is 0 Å². The zero-order valence-electron chi connectivity index (χ0n) is 19.9. The Morgan fingerprint density at radius 2 is 1.62 bits per heavy atom. The van der Waals surface area contributed by atoms with Crippen LogP contribution in [0, 0.1) is 0 Å². The average molecular weight is 599 g/mol. The van der Waals surface area contributed by atoms with E-state index in [0.717, 1.165) is 37.7 Å². The highest BCUT2D eigenvalue weighted by molar-refractivity contribution is 7.92. The number of thiocarbonyl (C=S) groups is 1. The zero-order chi connectivity index (χ0) is 26.6. The normalized spacial score (nSPS) is 13.6. The molecule has 0 fully saturated rings. The van der Waals surface area contributed by atoms with E-state index in [1.807, 2.05) is 0 Å². The minimum atomic E-state index is -3.84. The van der Waals surface area contributed by atoms with Crippen LogP contribution in [0.4, 0.5) is 16.4 Å². The summed E-state index contributed by atoms with van der Waals surface area (Å²) in [6.07, 6.45) is 6.22. The van der Waals surface area contributed by atoms with Crippen LogP contribution < -0.4 is 15.4 Å². The van der Waals surface area contributed by atoms with E-state index in [0.29, 0.717) is 27.0 Å². The van der Waals surface area contributed by atoms with Gasteiger partial charge >= 0.3 is 5.97 Å². The Bertz CT molecular complexity index is 1420. The number of methoxy groups -OCH3 is 1. The molecule has 0 atom stereocenters. The summed E-state index contributed by atoms with van der Waals surface area (Å²) < 4.78 is 33.1. The van der Waals surface area contributed by atoms with E-state index >= 15 is 0 Å². The third kappa shape index (κ3) is 6.74. The molecule has 1 heterocycles. The molecule has 4 rings (SSSR count). The van der Waals surface area contributed by atoms with Gasteiger partial charge in [-0.05, 0) is 85.9 Å². The lowest BCUT2D eigenvalue weighted by atomic mass is 9.96. The van der Waals surface area contributed by atoms with E-state index in [4.69, 9.17) is 40.2 Å². The molecule has 1 aromatic heterocycles. The van der Waals surface area contributed by atoms with Gasteiger partial charge in [0.05, 0.1) is 33.3 Å². The van der Waals surface area contributed by atoms with E-state index in [2.05, 4.69) is 15.4 Å². The number of esters is 1. The first-order chi connectivity index (χ1) is 17.7. The van der Waals surface area contributed by atoms with E-state index in [1.54, 1.807) is 12.1 Å². The van der Waals surface area contributed by atoms with Crippen molar-refractivity contribution in [2.75, 3.05) is 22.5 Å². The summed E-state index contributed by atoms with van der Waals surface area (Å²) in [7, 11) is -2.46. The fourth-order valence-electron chi connectivity index (χ4n) is 4.08. The first kappa shape index (κ1) is 27.7. The molecule has 2 aromatic carbocycles. The number of anilines is 3. The fraction of sp³-hybridized carbons (Fsp3) is 0.280. The van der Waals surface area contributed by atoms with Crippen LogP contribution in [-0.4, -0.2) is 26.6 Å². The topological polar surface area (TPSA) is 96.5 Å². The summed E-state index contributed by atoms with van der Waals surface area (Å²) in [6.45, 7) is 0. The number of halogens is 2. The van der Waals surface area contributed by atoms with Gasteiger partial charge in [0, 0.05) is 10.6 Å². The molecule has 0 radical (unpaired) electrons. The highest BCUT2D eigenvalue weighted by Crippen LogP contribution is 2.37. The molecule has 0 saturated heterocycles. The van der Waals surface area contributed by atoms with E-state index < -0.39 is 10.0 Å². The first-order valence-electron chi connectivity index (χ1n) is 11.6. The van der Waals surface area contributed by atoms with Gasteiger partial charge in [-0.3, -0.25) is 4.72 Å². The molecule has 1 aliphatic rings. The van der Waals surface area contributed by atoms with Crippen molar-refractivity contribution in [2.45, 2.75) is 43.4 Å². The Morgan fingerprint density at radius 1 is 0.946 bits per heavy atom. The Hall–Kier alpha value is -2.37. The number of rotatable bonds is 6. The van der Waals surface area contributed by atoms with Gasteiger partial charge in [0.2, 0.25) is 0 Å². The molecule has 37 heavy (non-hydrogen) atoms. The van der Waals surface area contributed by atoms with Gasteiger partial charge in [0.15, 0.2) is 5.11 Å². The van der Waals surface area contributed by atoms with E-state index in [9.17, 15) is 13.2 Å². The molecule has 0 bridgehead atoms. The minimum Gasteiger partial charge on any atom is -0.465 e. The van der Waals surface area contributed by atoms with Gasteiger partial charge in [-0.15, -0.1) is 11.3 Å². The van der Waals surface area contributed by atoms with E-state index in [1.165, 1.54) is 60.1 Å². The van der Waals surface area contributed by atoms with Gasteiger partial charge in [0.25, 0.3) is 10.0 Å². The SMILES string of the molecule is COC(=O)c1c(NC(=S)Nc2ccc(S(=O)(=O)Nc3ccc(Cl)c(Cl)c3)cc2)sc2c1CCCCCC2. The standard InChI is InChI=1S/C25H25Cl2N3O4S3/c1-34-24(31)22-18-6-4-2-3-5-7-21(18)36-23(22)29-25(35)28-15-8-11-17(12-9-15)37(32,33)30-16-10-13-19(26)20(27)14-16/h8-14,30H,2-7H2,1H3,(H2,28,29,35). The number of ether oxygens (including phenoxy) is 1. The van der Waals surface area contributed by atoms with Crippen molar-refractivity contribution in [3.63, 3.8) is 0 Å². The van der Waals surface area contributed by atoms with Crippen LogP contribution in [0.1, 0.15) is 46.5 Å². The number of fused-ring (bicyclic) bond motifs is 1. The fourth-order valence-corrected chi connectivity index (χ4v) is 7.00. The van der Waals surface area contributed by atoms with Gasteiger partial charge in [-0.25, -0.2) is 13.2 Å². The summed E-state index contributed by atoms with van der Waals surface area (Å²) in [5, 5.41) is 7.70. The number of carbonyl (C=O) groups excluding carboxylic acids is 1. The number of benzene rings is 2. The first-order valence-corrected chi connectivity index (χ1v) is 15.0. The maximum atomic E-state index is 12.8. The molecular formula is C25H25Cl2N3O4S3. The Labute approximate surface area is 235 Å². The van der Waals surface area contributed by atoms with Crippen LogP contribution >= 0.6 is 46.8 Å². The van der Waals surface area contributed by atoms with Crippen LogP contribution in [0.5, 0.6) is 0 Å². The number of carbonyl (C=O) groups is 1. The second kappa shape index (κ2) is 12.0. The molecule has 0 spiro atoms. The van der Waals surface area contributed by atoms with Crippen molar-refractivity contribution in [2.24, 2.45) is 0 Å². The van der Waals surface area contributed by atoms with Gasteiger partial charge in [0.1, 0.15) is 5.00 Å². The molecule has 3 N–H and O–H groups in total. The second-order valence-corrected chi connectivity index (χ2v) is 12.5. The van der Waals surface area contributed by atoms with Crippen LogP contribution in [0.15, 0.2) is 47.4 Å². The minimum absolute atomic E-state index is 0.0639. The summed E-state index contributed by atoms with van der Waals surface area (Å²) >= 11 is 18.9. The highest BCUT2D eigenvalue weighted by atomic mass is 35.5. The summed E-state index contributed by atoms with van der Waals surface area (Å²) in [5.74, 6) is -0.382. The molecular weight excluding hydrogens is 573 g/mol. The third-order valence-electron chi connectivity index (χ3n) is 5.88. The van der Waals surface area contributed by atoms with Crippen LogP contribution in [0.25, 0.3) is 0 Å². The van der Waals surface area contributed by atoms with E-state index in [-0.39, 0.29) is 21.0 Å². The van der Waals surface area contributed by atoms with Crippen LogP contribution in [0.3, 0.4) is 0 Å². The summed E-state index contributed by atoms with van der Waals surface area (Å²) in [5.41, 5.74) is 2.48. The van der Waals surface area contributed by atoms with Crippen LogP contribution in [0.2, 0.25) is 10.0 Å². The maximum absolute atomic E-state index is 12.8. The lowest BCUT2D eigenvalue weighted by Gasteiger charge is -2.13. The number of sulfonamides is 1. The summed E-state index contributed by atoms with van der Waals surface area (Å²) in [4.78, 5) is 13.9. The van der Waals surface area contributed by atoms with Crippen molar-refractivity contribution in [1.29, 1.82) is 0 Å². The van der Waals surface area contributed by atoms with Gasteiger partial charge in [-0.1, -0.05) is 36.0 Å². The lowest BCUT2D eigenvalue weighted by Crippen LogP contribution is -2.20. The maximum Gasteiger partial charge on any atom is 0.341 e. The Kier molecular flexibility index (Phi) is 8.97. The predicted molar refractivity (Wildman–Crippen MR) is 155 cm³/mol. The van der Waals surface area contributed by atoms with Crippen molar-refractivity contribution >= 4 is 84.2 Å². The highest BCUT2D eigenvalue weighted by Gasteiger charge is 2.25. The average Bonchev–Trinajstić information content (AvgIpc) is 3.16. The van der Waals surface area contributed by atoms with Crippen LogP contribution in [-0.2, 0) is 27.6 Å². The molecule has 12 heteroatoms. The molecule has 0 aliphatic heterocycles. The smallest absolute Gasteiger partial charge is 0.341 e. The largest absolute Gasteiger partial charge is 0.465 e. The molecule has 196 valence electrons. The third-order valence-corrected chi connectivity index (χ3v) is 9.43. The number of aryl methyl sites for hydroxylation is 1. The number of hydrogen-bond acceptors (Lipinski definition) is 6. The Balaban J connectivity index is 1.46. The summed E-state index contributed by atoms with van der Waals surface area (Å²) in [6, 6.07) is 10.6. The molecule has 3 aromatic rings. The van der Waals surface area contributed by atoms with Crippen molar-refractivity contribution in [3.05, 3.63) is 68.5 Å². The number of thiophene rings is 1. The molecule has 0 unspecified atom stereocenters. The second-order valence-electron chi connectivity index (χ2n) is 8.45. The predicted octanol–water partition coefficient (Wildman–Crippen LogP) is 7.11. The monoisotopic (exact) mass is 597 g/mol. The molecule has 0 amide bonds. The number of nitrogens with one attached hydrogen (secondary N) is 3. The lowest BCUT2D eigenvalue weighted by molar-refractivity contribution is 0.0601. The van der Waals surface area contributed by atoms with Crippen molar-refractivity contribution in [1.82, 2.24) is 0 Å². The Morgan fingerprint density at radius 3 is 2.30 bits per heavy atom. The molecule has 1 aliphatic carbocycles. The zero-order valence-corrected chi connectivity index (χ0v) is 23.9. The van der Waals surface area contributed by atoms with Crippen molar-refractivity contribution < 1.29 is 17.9 Å². The van der Waals surface area contributed by atoms with Crippen molar-refractivity contribution in [3.8, 4) is 0 Å². The molecule has 0 saturated carbocycles.